The van der Waals surface area contributed by atoms with Gasteiger partial charge >= 0.3 is 5.97 Å². The van der Waals surface area contributed by atoms with Crippen molar-refractivity contribution in [2.45, 2.75) is 28.1 Å². The lowest BCUT2D eigenvalue weighted by Crippen LogP contribution is -2.11. The Morgan fingerprint density at radius 2 is 1.81 bits per heavy atom. The molecule has 0 aliphatic rings. The van der Waals surface area contributed by atoms with Crippen molar-refractivity contribution in [1.29, 1.82) is 0 Å². The van der Waals surface area contributed by atoms with Crippen LogP contribution in [-0.2, 0) is 10.5 Å². The van der Waals surface area contributed by atoms with E-state index >= 15 is 0 Å². The summed E-state index contributed by atoms with van der Waals surface area (Å²) in [5, 5.41) is 9.93. The minimum absolute atomic E-state index is 0.576. The number of aromatic nitrogens is 2. The Labute approximate surface area is 175 Å². The molecule has 1 heterocycles. The van der Waals surface area contributed by atoms with Gasteiger partial charge in [0.2, 0.25) is 0 Å². The van der Waals surface area contributed by atoms with Crippen molar-refractivity contribution in [3.8, 4) is 11.3 Å². The van der Waals surface area contributed by atoms with Crippen LogP contribution in [0.2, 0.25) is 0 Å². The SMILES string of the molecule is CC(Sc1cc(-c2ccccc2)nc(SCc2ccc(Br)cc2)n1)C(=O)O. The Kier molecular flexibility index (Phi) is 6.93. The van der Waals surface area contributed by atoms with Gasteiger partial charge in [-0.3, -0.25) is 4.79 Å². The van der Waals surface area contributed by atoms with Crippen molar-refractivity contribution in [1.82, 2.24) is 9.97 Å². The largest absolute Gasteiger partial charge is 0.480 e. The predicted octanol–water partition coefficient (Wildman–Crippen LogP) is 5.76. The number of hydrogen-bond acceptors (Lipinski definition) is 5. The number of nitrogens with zero attached hydrogens (tertiary/aromatic N) is 2. The Bertz CT molecular complexity index is 921. The molecule has 0 aliphatic carbocycles. The number of hydrogen-bond donors (Lipinski definition) is 1. The molecule has 0 radical (unpaired) electrons. The average Bonchev–Trinajstić information content (AvgIpc) is 2.68. The van der Waals surface area contributed by atoms with Crippen molar-refractivity contribution >= 4 is 45.4 Å². The van der Waals surface area contributed by atoms with Gasteiger partial charge < -0.3 is 5.11 Å². The highest BCUT2D eigenvalue weighted by Gasteiger charge is 2.16. The summed E-state index contributed by atoms with van der Waals surface area (Å²) in [4.78, 5) is 20.4. The molecule has 1 unspecified atom stereocenters. The van der Waals surface area contributed by atoms with Gasteiger partial charge in [0.1, 0.15) is 10.3 Å². The van der Waals surface area contributed by atoms with Gasteiger partial charge in [-0.1, -0.05) is 81.9 Å². The molecule has 0 spiro atoms. The fourth-order valence-electron chi connectivity index (χ4n) is 2.25. The monoisotopic (exact) mass is 460 g/mol. The summed E-state index contributed by atoms with van der Waals surface area (Å²) in [6.07, 6.45) is 0. The lowest BCUT2D eigenvalue weighted by molar-refractivity contribution is -0.136. The van der Waals surface area contributed by atoms with Crippen LogP contribution in [0.1, 0.15) is 12.5 Å². The Hall–Kier alpha value is -1.83. The van der Waals surface area contributed by atoms with Crippen LogP contribution in [0.3, 0.4) is 0 Å². The van der Waals surface area contributed by atoms with E-state index < -0.39 is 11.2 Å². The number of carbonyl (C=O) groups is 1. The minimum Gasteiger partial charge on any atom is -0.480 e. The van der Waals surface area contributed by atoms with E-state index in [2.05, 4.69) is 38.0 Å². The molecule has 1 atom stereocenters. The first-order chi connectivity index (χ1) is 13.0. The van der Waals surface area contributed by atoms with E-state index in [1.54, 1.807) is 6.92 Å². The van der Waals surface area contributed by atoms with Crippen LogP contribution < -0.4 is 0 Å². The number of carboxylic acids is 1. The van der Waals surface area contributed by atoms with E-state index in [9.17, 15) is 9.90 Å². The molecule has 4 nitrogen and oxygen atoms in total. The van der Waals surface area contributed by atoms with E-state index in [0.717, 1.165) is 21.5 Å². The number of halogens is 1. The quantitative estimate of drug-likeness (QED) is 0.274. The molecule has 0 saturated heterocycles. The molecule has 0 bridgehead atoms. The van der Waals surface area contributed by atoms with Crippen molar-refractivity contribution in [2.75, 3.05) is 0 Å². The Morgan fingerprint density at radius 1 is 1.11 bits per heavy atom. The number of benzene rings is 2. The normalized spacial score (nSPS) is 11.9. The third-order valence-corrected chi connectivity index (χ3v) is 6.13. The summed E-state index contributed by atoms with van der Waals surface area (Å²) >= 11 is 6.21. The molecule has 0 amide bonds. The molecular formula is C20H17BrN2O2S2. The lowest BCUT2D eigenvalue weighted by Gasteiger charge is -2.10. The summed E-state index contributed by atoms with van der Waals surface area (Å²) in [6, 6.07) is 19.8. The van der Waals surface area contributed by atoms with Gasteiger partial charge in [-0.2, -0.15) is 0 Å². The summed E-state index contributed by atoms with van der Waals surface area (Å²) in [5.74, 6) is -0.117. The van der Waals surface area contributed by atoms with E-state index in [-0.39, 0.29) is 0 Å². The molecule has 0 aliphatic heterocycles. The third-order valence-electron chi connectivity index (χ3n) is 3.68. The Morgan fingerprint density at radius 3 is 2.48 bits per heavy atom. The molecule has 7 heteroatoms. The molecule has 1 aromatic heterocycles. The maximum Gasteiger partial charge on any atom is 0.316 e. The van der Waals surface area contributed by atoms with Crippen LogP contribution >= 0.6 is 39.5 Å². The summed E-state index contributed by atoms with van der Waals surface area (Å²) < 4.78 is 1.04. The highest BCUT2D eigenvalue weighted by molar-refractivity contribution is 9.10. The summed E-state index contributed by atoms with van der Waals surface area (Å²) in [5.41, 5.74) is 2.95. The van der Waals surface area contributed by atoms with Crippen molar-refractivity contribution in [2.24, 2.45) is 0 Å². The van der Waals surface area contributed by atoms with Crippen LogP contribution in [-0.4, -0.2) is 26.3 Å². The maximum absolute atomic E-state index is 11.2. The van der Waals surface area contributed by atoms with Crippen LogP contribution in [0.15, 0.2) is 75.3 Å². The number of aliphatic carboxylic acids is 1. The van der Waals surface area contributed by atoms with E-state index in [1.165, 1.54) is 29.1 Å². The first-order valence-corrected chi connectivity index (χ1v) is 10.9. The second-order valence-electron chi connectivity index (χ2n) is 5.75. The molecule has 3 aromatic rings. The fourth-order valence-corrected chi connectivity index (χ4v) is 4.16. The standard InChI is InChI=1S/C20H17BrN2O2S2/c1-13(19(24)25)27-18-11-17(15-5-3-2-4-6-15)22-20(23-18)26-12-14-7-9-16(21)10-8-14/h2-11,13H,12H2,1H3,(H,24,25). The van der Waals surface area contributed by atoms with Crippen LogP contribution in [0.4, 0.5) is 0 Å². The first kappa shape index (κ1) is 19.9. The van der Waals surface area contributed by atoms with Gasteiger partial charge in [0.15, 0.2) is 5.16 Å². The molecule has 0 saturated carbocycles. The zero-order chi connectivity index (χ0) is 19.2. The number of carboxylic acid groups (broad SMARTS) is 1. The van der Waals surface area contributed by atoms with Crippen molar-refractivity contribution in [3.63, 3.8) is 0 Å². The topological polar surface area (TPSA) is 63.1 Å². The second-order valence-corrected chi connectivity index (χ2v) is 8.97. The molecule has 1 N–H and O–H groups in total. The highest BCUT2D eigenvalue weighted by Crippen LogP contribution is 2.30. The van der Waals surface area contributed by atoms with Crippen molar-refractivity contribution < 1.29 is 9.90 Å². The van der Waals surface area contributed by atoms with Crippen molar-refractivity contribution in [3.05, 3.63) is 70.7 Å². The van der Waals surface area contributed by atoms with Gasteiger partial charge in [-0.15, -0.1) is 0 Å². The first-order valence-electron chi connectivity index (χ1n) is 8.22. The summed E-state index contributed by atoms with van der Waals surface area (Å²) in [7, 11) is 0. The molecule has 3 rings (SSSR count). The summed E-state index contributed by atoms with van der Waals surface area (Å²) in [6.45, 7) is 1.66. The zero-order valence-corrected chi connectivity index (χ0v) is 17.7. The third kappa shape index (κ3) is 5.82. The number of thioether (sulfide) groups is 2. The van der Waals surface area contributed by atoms with Crippen LogP contribution in [0.25, 0.3) is 11.3 Å². The van der Waals surface area contributed by atoms with Gasteiger partial charge in [-0.05, 0) is 30.7 Å². The van der Waals surface area contributed by atoms with E-state index in [1.807, 2.05) is 48.5 Å². The van der Waals surface area contributed by atoms with Crippen LogP contribution in [0, 0.1) is 0 Å². The van der Waals surface area contributed by atoms with E-state index in [0.29, 0.717) is 10.2 Å². The van der Waals surface area contributed by atoms with Gasteiger partial charge in [0.25, 0.3) is 0 Å². The predicted molar refractivity (Wildman–Crippen MR) is 114 cm³/mol. The molecule has 27 heavy (non-hydrogen) atoms. The van der Waals surface area contributed by atoms with E-state index in [4.69, 9.17) is 0 Å². The Balaban J connectivity index is 1.86. The fraction of sp³-hybridized carbons (Fsp3) is 0.150. The van der Waals surface area contributed by atoms with Crippen LogP contribution in [0.5, 0.6) is 0 Å². The average molecular weight is 461 g/mol. The zero-order valence-electron chi connectivity index (χ0n) is 14.5. The highest BCUT2D eigenvalue weighted by atomic mass is 79.9. The molecule has 138 valence electrons. The minimum atomic E-state index is -0.857. The maximum atomic E-state index is 11.2. The number of rotatable bonds is 7. The second kappa shape index (κ2) is 9.39. The lowest BCUT2D eigenvalue weighted by atomic mass is 10.1. The molecule has 0 fully saturated rings. The molecular weight excluding hydrogens is 444 g/mol. The molecule has 2 aromatic carbocycles. The van der Waals surface area contributed by atoms with Gasteiger partial charge in [0, 0.05) is 15.8 Å². The van der Waals surface area contributed by atoms with Gasteiger partial charge in [-0.25, -0.2) is 9.97 Å². The van der Waals surface area contributed by atoms with Gasteiger partial charge in [0.05, 0.1) is 5.69 Å². The smallest absolute Gasteiger partial charge is 0.316 e.